The van der Waals surface area contributed by atoms with E-state index in [1.54, 1.807) is 33.9 Å². The van der Waals surface area contributed by atoms with Crippen LogP contribution in [0, 0.1) is 12.8 Å². The van der Waals surface area contributed by atoms with Crippen LogP contribution in [0.15, 0.2) is 58.8 Å². The number of amides is 3. The molecule has 0 fully saturated rings. The average Bonchev–Trinajstić information content (AvgIpc) is 3.61. The monoisotopic (exact) mass is 628 g/mol. The number of nitrogens with two attached hydrogens (primary N) is 1. The maximum atomic E-state index is 14.4. The van der Waals surface area contributed by atoms with Crippen LogP contribution in [0.5, 0.6) is 0 Å². The lowest BCUT2D eigenvalue weighted by atomic mass is 9.97. The molecule has 13 heteroatoms. The molecule has 3 amide bonds. The highest BCUT2D eigenvalue weighted by molar-refractivity contribution is 7.99. The minimum atomic E-state index is -1.23. The zero-order chi connectivity index (χ0) is 32.4. The second-order valence-electron chi connectivity index (χ2n) is 12.1. The lowest BCUT2D eigenvalue weighted by molar-refractivity contribution is -0.140. The predicted molar refractivity (Wildman–Crippen MR) is 167 cm³/mol. The Hall–Kier alpha value is -3.68. The van der Waals surface area contributed by atoms with Crippen molar-refractivity contribution in [3.63, 3.8) is 0 Å². The van der Waals surface area contributed by atoms with Crippen molar-refractivity contribution in [1.29, 1.82) is 0 Å². The Morgan fingerprint density at radius 3 is 2.45 bits per heavy atom. The third kappa shape index (κ3) is 10.8. The van der Waals surface area contributed by atoms with Gasteiger partial charge in [0, 0.05) is 18.4 Å². The van der Waals surface area contributed by atoms with E-state index in [0.29, 0.717) is 16.6 Å². The first-order valence-corrected chi connectivity index (χ1v) is 15.6. The molecule has 240 valence electrons. The number of aryl methyl sites for hydroxylation is 1. The molecular weight excluding hydrogens is 584 g/mol. The van der Waals surface area contributed by atoms with Crippen LogP contribution in [-0.4, -0.2) is 78.4 Å². The summed E-state index contributed by atoms with van der Waals surface area (Å²) in [7, 11) is 0. The largest absolute Gasteiger partial charge is 0.443 e. The molecule has 0 radical (unpaired) electrons. The number of rotatable bonds is 14. The molecule has 1 aromatic carbocycles. The zero-order valence-corrected chi connectivity index (χ0v) is 27.0. The van der Waals surface area contributed by atoms with E-state index in [1.807, 2.05) is 44.2 Å². The summed E-state index contributed by atoms with van der Waals surface area (Å²) in [6.45, 7) is 10.7. The molecule has 0 aliphatic rings. The van der Waals surface area contributed by atoms with Crippen molar-refractivity contribution in [3.05, 3.63) is 66.1 Å². The Bertz CT molecular complexity index is 1340. The van der Waals surface area contributed by atoms with Gasteiger partial charge in [0.05, 0.1) is 35.9 Å². The Balaban J connectivity index is 1.94. The van der Waals surface area contributed by atoms with Gasteiger partial charge < -0.3 is 30.3 Å². The number of thioether (sulfide) groups is 1. The topological polar surface area (TPSA) is 177 Å². The van der Waals surface area contributed by atoms with Gasteiger partial charge >= 0.3 is 6.09 Å². The van der Waals surface area contributed by atoms with E-state index >= 15 is 0 Å². The highest BCUT2D eigenvalue weighted by Gasteiger charge is 2.41. The van der Waals surface area contributed by atoms with Gasteiger partial charge in [0.25, 0.3) is 11.1 Å². The van der Waals surface area contributed by atoms with Gasteiger partial charge in [0.2, 0.25) is 5.91 Å². The number of oxazole rings is 1. The predicted octanol–water partition coefficient (Wildman–Crippen LogP) is 3.64. The minimum Gasteiger partial charge on any atom is -0.443 e. The van der Waals surface area contributed by atoms with Crippen molar-refractivity contribution < 1.29 is 28.6 Å². The maximum absolute atomic E-state index is 14.4. The van der Waals surface area contributed by atoms with Gasteiger partial charge in [-0.05, 0) is 52.0 Å². The molecule has 3 aromatic rings. The molecule has 5 N–H and O–H groups in total. The first-order chi connectivity index (χ1) is 20.7. The highest BCUT2D eigenvalue weighted by Crippen LogP contribution is 2.25. The maximum Gasteiger partial charge on any atom is 0.417 e. The number of nitrogens with one attached hydrogen (secondary N) is 2. The molecule has 3 rings (SSSR count). The average molecular weight is 629 g/mol. The summed E-state index contributed by atoms with van der Waals surface area (Å²) >= 11 is 1.17. The van der Waals surface area contributed by atoms with Crippen LogP contribution in [0.4, 0.5) is 4.79 Å². The number of benzene rings is 1. The summed E-state index contributed by atoms with van der Waals surface area (Å²) in [5.41, 5.74) is 7.35. The van der Waals surface area contributed by atoms with Crippen LogP contribution in [0.25, 0.3) is 0 Å². The molecule has 12 nitrogen and oxygen atoms in total. The number of aromatic amines is 1. The van der Waals surface area contributed by atoms with Gasteiger partial charge in [0.15, 0.2) is 0 Å². The number of carbonyl (C=O) groups excluding carboxylic acids is 3. The summed E-state index contributed by atoms with van der Waals surface area (Å²) in [6.07, 6.45) is 2.95. The molecule has 0 aliphatic carbocycles. The molecule has 0 aliphatic heterocycles. The van der Waals surface area contributed by atoms with Crippen LogP contribution in [0.2, 0.25) is 0 Å². The first-order valence-electron chi connectivity index (χ1n) is 14.6. The van der Waals surface area contributed by atoms with Crippen molar-refractivity contribution in [1.82, 2.24) is 25.2 Å². The molecule has 1 unspecified atom stereocenters. The fourth-order valence-corrected chi connectivity index (χ4v) is 5.36. The lowest BCUT2D eigenvalue weighted by Crippen LogP contribution is -2.60. The van der Waals surface area contributed by atoms with E-state index in [4.69, 9.17) is 14.9 Å². The van der Waals surface area contributed by atoms with Gasteiger partial charge in [-0.1, -0.05) is 55.9 Å². The van der Waals surface area contributed by atoms with E-state index in [1.165, 1.54) is 24.4 Å². The van der Waals surface area contributed by atoms with Gasteiger partial charge in [-0.3, -0.25) is 9.59 Å². The minimum absolute atomic E-state index is 0.0138. The Morgan fingerprint density at radius 2 is 1.89 bits per heavy atom. The Morgan fingerprint density at radius 1 is 1.18 bits per heavy atom. The third-order valence-electron chi connectivity index (χ3n) is 6.51. The van der Waals surface area contributed by atoms with Gasteiger partial charge in [0.1, 0.15) is 17.9 Å². The number of hydrogen-bond donors (Lipinski definition) is 4. The standard InChI is InChI=1S/C31H44N6O6S/c1-19(2)12-25(26(38)17-44-29-35-20(3)16-42-29)37(30(41)43-31(4,5)6)28(40)24(14-22-15-33-18-34-22)36-27(39)23(32)13-21-10-8-7-9-11-21/h7-11,15-16,18-19,23-26,38H,12-14,17,32H2,1-6H3,(H,33,34)(H,36,39)/t23-,24-,25-,26?/m0/s1. The third-order valence-corrected chi connectivity index (χ3v) is 7.45. The van der Waals surface area contributed by atoms with Gasteiger partial charge in [-0.2, -0.15) is 0 Å². The second-order valence-corrected chi connectivity index (χ2v) is 13.1. The van der Waals surface area contributed by atoms with Crippen LogP contribution in [-0.2, 0) is 27.2 Å². The lowest BCUT2D eigenvalue weighted by Gasteiger charge is -2.37. The highest BCUT2D eigenvalue weighted by atomic mass is 32.2. The SMILES string of the molecule is Cc1coc(SCC(O)[C@H](CC(C)C)N(C(=O)OC(C)(C)C)C(=O)[C@H](Cc2c[nH]cn2)NC(=O)[C@@H](N)Cc2ccccc2)n1. The van der Waals surface area contributed by atoms with E-state index < -0.39 is 47.7 Å². The number of nitrogens with zero attached hydrogens (tertiary/aromatic N) is 3. The number of carbonyl (C=O) groups is 3. The van der Waals surface area contributed by atoms with E-state index in [-0.39, 0.29) is 30.9 Å². The van der Waals surface area contributed by atoms with Crippen molar-refractivity contribution in [2.75, 3.05) is 5.75 Å². The summed E-state index contributed by atoms with van der Waals surface area (Å²) in [6, 6.07) is 6.11. The van der Waals surface area contributed by atoms with Crippen molar-refractivity contribution in [2.45, 2.75) is 95.9 Å². The number of ether oxygens (including phenoxy) is 1. The van der Waals surface area contributed by atoms with Gasteiger partial charge in [-0.25, -0.2) is 19.7 Å². The van der Waals surface area contributed by atoms with Crippen molar-refractivity contribution >= 4 is 29.7 Å². The van der Waals surface area contributed by atoms with Gasteiger partial charge in [-0.15, -0.1) is 0 Å². The number of hydrogen-bond acceptors (Lipinski definition) is 10. The van der Waals surface area contributed by atoms with Crippen molar-refractivity contribution in [2.24, 2.45) is 11.7 Å². The number of aliphatic hydroxyl groups is 1. The van der Waals surface area contributed by atoms with E-state index in [0.717, 1.165) is 10.5 Å². The molecule has 2 heterocycles. The molecule has 0 bridgehead atoms. The van der Waals surface area contributed by atoms with Crippen LogP contribution in [0.3, 0.4) is 0 Å². The molecule has 2 aromatic heterocycles. The van der Waals surface area contributed by atoms with Crippen LogP contribution >= 0.6 is 11.8 Å². The number of aliphatic hydroxyl groups excluding tert-OH is 1. The smallest absolute Gasteiger partial charge is 0.417 e. The molecule has 0 saturated heterocycles. The summed E-state index contributed by atoms with van der Waals surface area (Å²) < 4.78 is 11.1. The van der Waals surface area contributed by atoms with Crippen LogP contribution in [0.1, 0.15) is 58.0 Å². The molecule has 0 saturated carbocycles. The second kappa shape index (κ2) is 15.9. The number of aromatic nitrogens is 3. The number of imide groups is 1. The van der Waals surface area contributed by atoms with Crippen molar-refractivity contribution in [3.8, 4) is 0 Å². The zero-order valence-electron chi connectivity index (χ0n) is 26.1. The summed E-state index contributed by atoms with van der Waals surface area (Å²) in [4.78, 5) is 53.7. The Labute approximate surface area is 262 Å². The molecule has 4 atom stereocenters. The number of imidazole rings is 1. The fraction of sp³-hybridized carbons (Fsp3) is 0.516. The summed E-state index contributed by atoms with van der Waals surface area (Å²) in [5, 5.41) is 14.6. The normalized spacial score (nSPS) is 14.5. The quantitative estimate of drug-likeness (QED) is 0.193. The van der Waals surface area contributed by atoms with Crippen LogP contribution < -0.4 is 11.1 Å². The molecule has 0 spiro atoms. The number of H-pyrrole nitrogens is 1. The molecular formula is C31H44N6O6S. The van der Waals surface area contributed by atoms with E-state index in [9.17, 15) is 19.5 Å². The summed E-state index contributed by atoms with van der Waals surface area (Å²) in [5.74, 6) is -1.24. The first kappa shape index (κ1) is 34.8. The molecule has 44 heavy (non-hydrogen) atoms. The fourth-order valence-electron chi connectivity index (χ4n) is 4.50. The van der Waals surface area contributed by atoms with E-state index in [2.05, 4.69) is 20.3 Å². The Kier molecular flexibility index (Phi) is 12.6.